The Labute approximate surface area is 200 Å². The second kappa shape index (κ2) is 9.14. The summed E-state index contributed by atoms with van der Waals surface area (Å²) in [4.78, 5) is 31.1. The molecule has 0 radical (unpaired) electrons. The molecule has 34 heavy (non-hydrogen) atoms. The van der Waals surface area contributed by atoms with Crippen molar-refractivity contribution in [3.8, 4) is 11.1 Å². The lowest BCUT2D eigenvalue weighted by Gasteiger charge is -2.38. The molecule has 0 bridgehead atoms. The van der Waals surface area contributed by atoms with Crippen molar-refractivity contribution >= 4 is 11.8 Å². The van der Waals surface area contributed by atoms with Gasteiger partial charge in [-0.2, -0.15) is 0 Å². The summed E-state index contributed by atoms with van der Waals surface area (Å²) in [5, 5.41) is 0. The van der Waals surface area contributed by atoms with Crippen molar-refractivity contribution in [1.82, 2.24) is 9.80 Å². The summed E-state index contributed by atoms with van der Waals surface area (Å²) in [5.41, 5.74) is 7.07. The molecular formula is C30H28N2O2. The second-order valence-electron chi connectivity index (χ2n) is 9.13. The highest BCUT2D eigenvalue weighted by Crippen LogP contribution is 2.32. The quantitative estimate of drug-likeness (QED) is 0.424. The van der Waals surface area contributed by atoms with E-state index in [-0.39, 0.29) is 11.8 Å². The molecule has 0 spiro atoms. The van der Waals surface area contributed by atoms with Crippen LogP contribution in [0.25, 0.3) is 11.1 Å². The van der Waals surface area contributed by atoms with Gasteiger partial charge in [0.2, 0.25) is 5.91 Å². The van der Waals surface area contributed by atoms with E-state index in [1.807, 2.05) is 73.8 Å². The van der Waals surface area contributed by atoms with E-state index in [1.165, 1.54) is 5.56 Å². The van der Waals surface area contributed by atoms with Gasteiger partial charge in [0.25, 0.3) is 5.91 Å². The largest absolute Gasteiger partial charge is 0.340 e. The Hall–Kier alpha value is -3.92. The number of hydrogen-bond donors (Lipinski definition) is 0. The first-order valence-corrected chi connectivity index (χ1v) is 11.7. The number of benzene rings is 2. The topological polar surface area (TPSA) is 40.6 Å². The summed E-state index contributed by atoms with van der Waals surface area (Å²) in [5.74, 6) is -0.136. The third-order valence-corrected chi connectivity index (χ3v) is 6.73. The van der Waals surface area contributed by atoms with E-state index >= 15 is 0 Å². The predicted octanol–water partition coefficient (Wildman–Crippen LogP) is 5.33. The second-order valence-corrected chi connectivity index (χ2v) is 9.13. The molecule has 0 aromatic heterocycles. The number of carbonyl (C=O) groups excluding carboxylic acids is 2. The van der Waals surface area contributed by atoms with Crippen molar-refractivity contribution in [1.29, 1.82) is 0 Å². The molecule has 1 unspecified atom stereocenters. The number of aryl methyl sites for hydroxylation is 1. The van der Waals surface area contributed by atoms with E-state index in [0.717, 1.165) is 27.8 Å². The van der Waals surface area contributed by atoms with Gasteiger partial charge < -0.3 is 9.80 Å². The molecule has 1 aliphatic heterocycles. The molecule has 2 aliphatic carbocycles. The minimum absolute atomic E-state index is 0.0372. The van der Waals surface area contributed by atoms with E-state index in [1.54, 1.807) is 9.80 Å². The highest BCUT2D eigenvalue weighted by Gasteiger charge is 2.37. The Kier molecular flexibility index (Phi) is 5.89. The number of amides is 2. The van der Waals surface area contributed by atoms with Gasteiger partial charge in [-0.25, -0.2) is 0 Å². The number of fused-ring (bicyclic) bond motifs is 2. The lowest BCUT2D eigenvalue weighted by molar-refractivity contribution is -0.135. The number of rotatable bonds is 4. The van der Waals surface area contributed by atoms with Gasteiger partial charge in [0.15, 0.2) is 0 Å². The average molecular weight is 449 g/mol. The molecule has 2 amide bonds. The molecule has 4 nitrogen and oxygen atoms in total. The number of nitrogens with zero attached hydrogens (tertiary/aromatic N) is 2. The molecule has 1 atom stereocenters. The SMILES string of the molecule is Cc1ccc(CN(C)C(=O)C2Cc3ccccc3CN2C(=O)c2ccc3cccccc2-3)cc1. The fraction of sp³-hybridized carbons (Fsp3) is 0.200. The van der Waals surface area contributed by atoms with E-state index < -0.39 is 6.04 Å². The Morgan fingerprint density at radius 1 is 0.853 bits per heavy atom. The first-order chi connectivity index (χ1) is 16.5. The van der Waals surface area contributed by atoms with Gasteiger partial charge in [0.1, 0.15) is 6.04 Å². The first-order valence-electron chi connectivity index (χ1n) is 11.7. The smallest absolute Gasteiger partial charge is 0.255 e. The molecule has 5 rings (SSSR count). The standard InChI is InChI=1S/C30H28N2O2/c1-21-12-14-22(15-13-21)19-31(2)30(34)28-18-24-9-6-7-10-25(24)20-32(28)29(33)27-17-16-23-8-4-3-5-11-26(23)27/h3-17,28H,18-20H2,1-2H3. The normalized spacial score (nSPS) is 15.1. The predicted molar refractivity (Wildman–Crippen MR) is 135 cm³/mol. The van der Waals surface area contributed by atoms with Gasteiger partial charge in [0, 0.05) is 32.1 Å². The minimum Gasteiger partial charge on any atom is -0.340 e. The molecule has 1 heterocycles. The third-order valence-electron chi connectivity index (χ3n) is 6.73. The summed E-state index contributed by atoms with van der Waals surface area (Å²) in [6.45, 7) is 2.98. The summed E-state index contributed by atoms with van der Waals surface area (Å²) in [6, 6.07) is 29.5. The minimum atomic E-state index is -0.541. The summed E-state index contributed by atoms with van der Waals surface area (Å²) < 4.78 is 0. The summed E-state index contributed by atoms with van der Waals surface area (Å²) >= 11 is 0. The highest BCUT2D eigenvalue weighted by atomic mass is 16.2. The van der Waals surface area contributed by atoms with Crippen LogP contribution in [0.5, 0.6) is 0 Å². The molecule has 2 aromatic rings. The molecule has 0 saturated heterocycles. The van der Waals surface area contributed by atoms with Crippen molar-refractivity contribution in [3.63, 3.8) is 0 Å². The zero-order chi connectivity index (χ0) is 23.7. The van der Waals surface area contributed by atoms with E-state index in [9.17, 15) is 9.59 Å². The fourth-order valence-electron chi connectivity index (χ4n) is 4.81. The Morgan fingerprint density at radius 3 is 2.35 bits per heavy atom. The zero-order valence-electron chi connectivity index (χ0n) is 19.6. The van der Waals surface area contributed by atoms with Crippen molar-refractivity contribution in [2.45, 2.75) is 32.5 Å². The van der Waals surface area contributed by atoms with E-state index in [4.69, 9.17) is 0 Å². The van der Waals surface area contributed by atoms with Gasteiger partial charge in [-0.1, -0.05) is 90.5 Å². The fourth-order valence-corrected chi connectivity index (χ4v) is 4.81. The lowest BCUT2D eigenvalue weighted by Crippen LogP contribution is -2.52. The Morgan fingerprint density at radius 2 is 1.56 bits per heavy atom. The maximum absolute atomic E-state index is 13.9. The van der Waals surface area contributed by atoms with Crippen molar-refractivity contribution in [2.24, 2.45) is 0 Å². The molecule has 4 heteroatoms. The summed E-state index contributed by atoms with van der Waals surface area (Å²) in [7, 11) is 1.82. The number of likely N-dealkylation sites (N-methyl/N-ethyl adjacent to an activating group) is 1. The molecule has 3 aliphatic rings. The van der Waals surface area contributed by atoms with Gasteiger partial charge in [0.05, 0.1) is 0 Å². The number of hydrogen-bond acceptors (Lipinski definition) is 2. The number of carbonyl (C=O) groups is 2. The van der Waals surface area contributed by atoms with Gasteiger partial charge >= 0.3 is 0 Å². The van der Waals surface area contributed by atoms with E-state index in [2.05, 4.69) is 31.2 Å². The molecule has 0 fully saturated rings. The third kappa shape index (κ3) is 4.19. The van der Waals surface area contributed by atoms with Crippen molar-refractivity contribution < 1.29 is 9.59 Å². The maximum Gasteiger partial charge on any atom is 0.255 e. The molecule has 170 valence electrons. The maximum atomic E-state index is 13.9. The van der Waals surface area contributed by atoms with Gasteiger partial charge in [-0.05, 0) is 40.8 Å². The monoisotopic (exact) mass is 448 g/mol. The van der Waals surface area contributed by atoms with Crippen molar-refractivity contribution in [3.05, 3.63) is 119 Å². The van der Waals surface area contributed by atoms with Crippen LogP contribution in [0.3, 0.4) is 0 Å². The molecule has 0 saturated carbocycles. The lowest BCUT2D eigenvalue weighted by atomic mass is 9.92. The van der Waals surface area contributed by atoms with Crippen LogP contribution in [-0.2, 0) is 24.3 Å². The van der Waals surface area contributed by atoms with E-state index in [0.29, 0.717) is 25.1 Å². The van der Waals surface area contributed by atoms with Crippen LogP contribution in [0, 0.1) is 6.92 Å². The van der Waals surface area contributed by atoms with Crippen LogP contribution in [0.4, 0.5) is 0 Å². The van der Waals surface area contributed by atoms with Crippen molar-refractivity contribution in [2.75, 3.05) is 7.05 Å². The average Bonchev–Trinajstić information content (AvgIpc) is 3.11. The van der Waals surface area contributed by atoms with Crippen LogP contribution < -0.4 is 0 Å². The highest BCUT2D eigenvalue weighted by molar-refractivity contribution is 6.04. The Bertz CT molecular complexity index is 1310. The van der Waals surface area contributed by atoms with Crippen LogP contribution in [0.15, 0.2) is 91.0 Å². The van der Waals surface area contributed by atoms with Gasteiger partial charge in [-0.15, -0.1) is 0 Å². The van der Waals surface area contributed by atoms with Crippen LogP contribution in [0.2, 0.25) is 0 Å². The first kappa shape index (κ1) is 21.9. The summed E-state index contributed by atoms with van der Waals surface area (Å²) in [6.07, 6.45) is 0.519. The van der Waals surface area contributed by atoms with Crippen LogP contribution >= 0.6 is 0 Å². The van der Waals surface area contributed by atoms with Crippen LogP contribution in [-0.4, -0.2) is 34.7 Å². The molecular weight excluding hydrogens is 420 g/mol. The van der Waals surface area contributed by atoms with Gasteiger partial charge in [-0.3, -0.25) is 9.59 Å². The van der Waals surface area contributed by atoms with Crippen LogP contribution in [0.1, 0.15) is 32.6 Å². The molecule has 0 N–H and O–H groups in total. The zero-order valence-corrected chi connectivity index (χ0v) is 19.6. The Balaban J connectivity index is 1.47. The molecule has 2 aromatic carbocycles.